The summed E-state index contributed by atoms with van der Waals surface area (Å²) in [6.45, 7) is 0.219. The Balaban J connectivity index is 2.09. The molecule has 116 valence electrons. The van der Waals surface area contributed by atoms with Crippen LogP contribution in [0, 0.1) is 5.82 Å². The summed E-state index contributed by atoms with van der Waals surface area (Å²) >= 11 is 5.62. The van der Waals surface area contributed by atoms with Crippen LogP contribution in [0.15, 0.2) is 18.2 Å². The van der Waals surface area contributed by atoms with E-state index >= 15 is 0 Å². The van der Waals surface area contributed by atoms with Crippen molar-refractivity contribution in [3.63, 3.8) is 0 Å². The van der Waals surface area contributed by atoms with Gasteiger partial charge in [0.15, 0.2) is 0 Å². The molecule has 1 amide bonds. The average molecular weight is 325 g/mol. The standard InChI is InChI=1S/C15H14ClFN2O3/c1-22-15(21)13-5-10-9-4-8(17)2-3-11(9)18-12(10)7-19(13)14(20)6-16/h2-4,13,18H,5-7H2,1H3/t13-/m1/s1. The van der Waals surface area contributed by atoms with Gasteiger partial charge in [-0.1, -0.05) is 0 Å². The van der Waals surface area contributed by atoms with Crippen LogP contribution in [0.25, 0.3) is 10.9 Å². The van der Waals surface area contributed by atoms with E-state index in [4.69, 9.17) is 16.3 Å². The van der Waals surface area contributed by atoms with Crippen LogP contribution in [-0.2, 0) is 27.3 Å². The normalized spacial score (nSPS) is 17.4. The molecule has 1 atom stereocenters. The summed E-state index contributed by atoms with van der Waals surface area (Å²) in [5.74, 6) is -1.40. The first-order valence-corrected chi connectivity index (χ1v) is 7.31. The summed E-state index contributed by atoms with van der Waals surface area (Å²) < 4.78 is 18.3. The lowest BCUT2D eigenvalue weighted by Crippen LogP contribution is -2.49. The second kappa shape index (κ2) is 5.61. The van der Waals surface area contributed by atoms with Crippen LogP contribution in [0.5, 0.6) is 0 Å². The van der Waals surface area contributed by atoms with E-state index in [2.05, 4.69) is 4.98 Å². The fraction of sp³-hybridized carbons (Fsp3) is 0.333. The number of carbonyl (C=O) groups excluding carboxylic acids is 2. The van der Waals surface area contributed by atoms with Gasteiger partial charge in [-0.15, -0.1) is 11.6 Å². The van der Waals surface area contributed by atoms with E-state index in [0.29, 0.717) is 0 Å². The molecule has 0 bridgehead atoms. The van der Waals surface area contributed by atoms with Crippen LogP contribution in [0.4, 0.5) is 4.39 Å². The molecule has 2 heterocycles. The van der Waals surface area contributed by atoms with Crippen LogP contribution < -0.4 is 0 Å². The third-order valence-corrected chi connectivity index (χ3v) is 4.20. The van der Waals surface area contributed by atoms with Crippen molar-refractivity contribution in [3.8, 4) is 0 Å². The molecule has 1 aliphatic heterocycles. The van der Waals surface area contributed by atoms with Gasteiger partial charge < -0.3 is 14.6 Å². The minimum Gasteiger partial charge on any atom is -0.467 e. The van der Waals surface area contributed by atoms with E-state index in [9.17, 15) is 14.0 Å². The highest BCUT2D eigenvalue weighted by Crippen LogP contribution is 2.31. The molecule has 0 aliphatic carbocycles. The van der Waals surface area contributed by atoms with Crippen LogP contribution in [-0.4, -0.2) is 40.8 Å². The van der Waals surface area contributed by atoms with E-state index in [1.165, 1.54) is 24.1 Å². The van der Waals surface area contributed by atoms with Gasteiger partial charge in [0.05, 0.1) is 13.7 Å². The summed E-state index contributed by atoms with van der Waals surface area (Å²) in [5.41, 5.74) is 2.40. The number of methoxy groups -OCH3 is 1. The van der Waals surface area contributed by atoms with Gasteiger partial charge in [-0.25, -0.2) is 9.18 Å². The number of H-pyrrole nitrogens is 1. The lowest BCUT2D eigenvalue weighted by atomic mass is 9.96. The van der Waals surface area contributed by atoms with Gasteiger partial charge >= 0.3 is 5.97 Å². The predicted octanol–water partition coefficient (Wildman–Crippen LogP) is 1.97. The zero-order valence-electron chi connectivity index (χ0n) is 11.9. The molecule has 3 rings (SSSR count). The summed E-state index contributed by atoms with van der Waals surface area (Å²) in [6, 6.07) is 3.69. The van der Waals surface area contributed by atoms with Crippen LogP contribution in [0.3, 0.4) is 0 Å². The van der Waals surface area contributed by atoms with Gasteiger partial charge in [-0.3, -0.25) is 4.79 Å². The summed E-state index contributed by atoms with van der Waals surface area (Å²) in [6.07, 6.45) is 0.272. The second-order valence-corrected chi connectivity index (χ2v) is 5.44. The number of aromatic nitrogens is 1. The Bertz CT molecular complexity index is 759. The first-order chi connectivity index (χ1) is 10.5. The summed E-state index contributed by atoms with van der Waals surface area (Å²) in [7, 11) is 1.27. The Morgan fingerprint density at radius 2 is 2.27 bits per heavy atom. The SMILES string of the molecule is COC(=O)[C@H]1Cc2c([nH]c3ccc(F)cc23)CN1C(=O)CCl. The molecular formula is C15H14ClFN2O3. The molecule has 2 aromatic rings. The molecule has 1 aliphatic rings. The van der Waals surface area contributed by atoms with Crippen molar-refractivity contribution in [1.82, 2.24) is 9.88 Å². The van der Waals surface area contributed by atoms with Crippen molar-refractivity contribution in [2.45, 2.75) is 19.0 Å². The van der Waals surface area contributed by atoms with Gasteiger partial charge in [0.1, 0.15) is 17.7 Å². The molecule has 1 aromatic heterocycles. The van der Waals surface area contributed by atoms with E-state index in [-0.39, 0.29) is 30.6 Å². The molecule has 1 aromatic carbocycles. The third kappa shape index (κ3) is 2.33. The fourth-order valence-corrected chi connectivity index (χ4v) is 3.07. The molecule has 5 nitrogen and oxygen atoms in total. The Morgan fingerprint density at radius 3 is 2.95 bits per heavy atom. The molecule has 0 radical (unpaired) electrons. The number of aromatic amines is 1. The fourth-order valence-electron chi connectivity index (χ4n) is 2.91. The Labute approximate surface area is 131 Å². The Morgan fingerprint density at radius 1 is 1.50 bits per heavy atom. The zero-order chi connectivity index (χ0) is 15.9. The number of rotatable bonds is 2. The molecule has 0 spiro atoms. The number of carbonyl (C=O) groups is 2. The number of amides is 1. The summed E-state index contributed by atoms with van der Waals surface area (Å²) in [4.78, 5) is 28.5. The quantitative estimate of drug-likeness (QED) is 0.678. The highest BCUT2D eigenvalue weighted by atomic mass is 35.5. The van der Waals surface area contributed by atoms with Crippen LogP contribution in [0.1, 0.15) is 11.3 Å². The topological polar surface area (TPSA) is 62.4 Å². The Kier molecular flexibility index (Phi) is 3.78. The van der Waals surface area contributed by atoms with E-state index < -0.39 is 12.0 Å². The number of halogens is 2. The number of nitrogens with one attached hydrogen (secondary N) is 1. The number of hydrogen-bond acceptors (Lipinski definition) is 3. The molecular weight excluding hydrogens is 311 g/mol. The highest BCUT2D eigenvalue weighted by molar-refractivity contribution is 6.27. The highest BCUT2D eigenvalue weighted by Gasteiger charge is 2.36. The second-order valence-electron chi connectivity index (χ2n) is 5.17. The third-order valence-electron chi connectivity index (χ3n) is 3.97. The zero-order valence-corrected chi connectivity index (χ0v) is 12.6. The van der Waals surface area contributed by atoms with Crippen molar-refractivity contribution in [2.24, 2.45) is 0 Å². The first-order valence-electron chi connectivity index (χ1n) is 6.77. The number of nitrogens with zero attached hydrogens (tertiary/aromatic N) is 1. The van der Waals surface area contributed by atoms with Crippen molar-refractivity contribution in [2.75, 3.05) is 13.0 Å². The number of esters is 1. The lowest BCUT2D eigenvalue weighted by Gasteiger charge is -2.33. The van der Waals surface area contributed by atoms with Crippen LogP contribution in [0.2, 0.25) is 0 Å². The Hall–Kier alpha value is -2.08. The first kappa shape index (κ1) is 14.8. The van der Waals surface area contributed by atoms with E-state index in [1.807, 2.05) is 0 Å². The van der Waals surface area contributed by atoms with Gasteiger partial charge in [0.25, 0.3) is 0 Å². The smallest absolute Gasteiger partial charge is 0.328 e. The van der Waals surface area contributed by atoms with Crippen molar-refractivity contribution >= 4 is 34.4 Å². The monoisotopic (exact) mass is 324 g/mol. The van der Waals surface area contributed by atoms with Crippen LogP contribution >= 0.6 is 11.6 Å². The van der Waals surface area contributed by atoms with Gasteiger partial charge in [-0.2, -0.15) is 0 Å². The predicted molar refractivity (Wildman–Crippen MR) is 79.0 cm³/mol. The molecule has 0 saturated carbocycles. The van der Waals surface area contributed by atoms with Gasteiger partial charge in [-0.05, 0) is 23.8 Å². The number of ether oxygens (including phenoxy) is 1. The largest absolute Gasteiger partial charge is 0.467 e. The average Bonchev–Trinajstić information content (AvgIpc) is 2.89. The molecule has 22 heavy (non-hydrogen) atoms. The van der Waals surface area contributed by atoms with Gasteiger partial charge in [0, 0.05) is 23.0 Å². The number of benzene rings is 1. The molecule has 7 heteroatoms. The van der Waals surface area contributed by atoms with Gasteiger partial charge in [0.2, 0.25) is 5.91 Å². The minimum atomic E-state index is -0.744. The number of alkyl halides is 1. The molecule has 1 N–H and O–H groups in total. The van der Waals surface area contributed by atoms with Crippen molar-refractivity contribution in [1.29, 1.82) is 0 Å². The summed E-state index contributed by atoms with van der Waals surface area (Å²) in [5, 5.41) is 0.724. The number of fused-ring (bicyclic) bond motifs is 3. The number of hydrogen-bond donors (Lipinski definition) is 1. The van der Waals surface area contributed by atoms with Crippen molar-refractivity contribution in [3.05, 3.63) is 35.3 Å². The molecule has 0 fully saturated rings. The molecule has 0 saturated heterocycles. The van der Waals surface area contributed by atoms with Crippen molar-refractivity contribution < 1.29 is 18.7 Å². The minimum absolute atomic E-state index is 0.211. The maximum absolute atomic E-state index is 13.5. The molecule has 0 unspecified atom stereocenters. The van der Waals surface area contributed by atoms with E-state index in [0.717, 1.165) is 22.2 Å². The lowest BCUT2D eigenvalue weighted by molar-refractivity contribution is -0.153. The maximum atomic E-state index is 13.5. The van der Waals surface area contributed by atoms with E-state index in [1.54, 1.807) is 6.07 Å². The maximum Gasteiger partial charge on any atom is 0.328 e.